The van der Waals surface area contributed by atoms with Crippen LogP contribution in [0.1, 0.15) is 56.3 Å². The van der Waals surface area contributed by atoms with Gasteiger partial charge in [-0.25, -0.2) is 0 Å². The molecule has 4 N–H and O–H groups in total. The fraction of sp³-hybridized carbons (Fsp3) is 0.542. The number of H-pyrrole nitrogens is 1. The van der Waals surface area contributed by atoms with Gasteiger partial charge in [0.05, 0.1) is 23.1 Å². The molecule has 2 aliphatic rings. The zero-order valence-electron chi connectivity index (χ0n) is 18.7. The van der Waals surface area contributed by atoms with Gasteiger partial charge in [0.2, 0.25) is 5.91 Å². The first kappa shape index (κ1) is 23.8. The van der Waals surface area contributed by atoms with E-state index in [0.717, 1.165) is 36.6 Å². The fourth-order valence-corrected chi connectivity index (χ4v) is 5.41. The molecule has 0 aliphatic carbocycles. The number of aliphatic hydroxyl groups is 1. The average Bonchev–Trinajstić information content (AvgIpc) is 3.49. The summed E-state index contributed by atoms with van der Waals surface area (Å²) in [4.78, 5) is 40.4. The highest BCUT2D eigenvalue weighted by Crippen LogP contribution is 2.53. The number of aliphatic hydroxyl groups excluding tert-OH is 1. The molecule has 2 aliphatic heterocycles. The third kappa shape index (κ3) is 4.37. The number of carbonyl (C=O) groups excluding carboxylic acids is 2. The van der Waals surface area contributed by atoms with Crippen molar-refractivity contribution in [1.82, 2.24) is 15.2 Å². The van der Waals surface area contributed by atoms with Crippen LogP contribution in [-0.2, 0) is 9.59 Å². The number of para-hydroxylation sites is 1. The zero-order valence-corrected chi connectivity index (χ0v) is 18.7. The van der Waals surface area contributed by atoms with Crippen molar-refractivity contribution in [3.05, 3.63) is 36.0 Å². The molecule has 8 heteroatoms. The van der Waals surface area contributed by atoms with E-state index in [4.69, 9.17) is 9.90 Å². The Balaban J connectivity index is 0.000000913. The van der Waals surface area contributed by atoms with Gasteiger partial charge in [0, 0.05) is 30.2 Å². The van der Waals surface area contributed by atoms with Crippen LogP contribution in [0.2, 0.25) is 0 Å². The van der Waals surface area contributed by atoms with Crippen LogP contribution >= 0.6 is 0 Å². The number of aromatic nitrogens is 1. The van der Waals surface area contributed by atoms with Crippen LogP contribution in [0, 0.1) is 11.3 Å². The van der Waals surface area contributed by atoms with Gasteiger partial charge in [-0.15, -0.1) is 0 Å². The summed E-state index contributed by atoms with van der Waals surface area (Å²) >= 11 is 0. The van der Waals surface area contributed by atoms with Crippen LogP contribution in [0.25, 0.3) is 10.9 Å². The van der Waals surface area contributed by atoms with E-state index in [1.807, 2.05) is 35.4 Å². The van der Waals surface area contributed by atoms with Crippen molar-refractivity contribution in [3.8, 4) is 0 Å². The second kappa shape index (κ2) is 10.2. The monoisotopic (exact) mass is 443 g/mol. The van der Waals surface area contributed by atoms with E-state index >= 15 is 0 Å². The van der Waals surface area contributed by atoms with Gasteiger partial charge in [0.25, 0.3) is 12.4 Å². The molecule has 2 bridgehead atoms. The maximum Gasteiger partial charge on any atom is 0.290 e. The average molecular weight is 444 g/mol. The number of fused-ring (bicyclic) bond motifs is 3. The Kier molecular flexibility index (Phi) is 7.56. The lowest BCUT2D eigenvalue weighted by atomic mass is 9.69. The van der Waals surface area contributed by atoms with Gasteiger partial charge in [0.1, 0.15) is 0 Å². The minimum atomic E-state index is -0.554. The van der Waals surface area contributed by atoms with Crippen LogP contribution in [0.4, 0.5) is 0 Å². The summed E-state index contributed by atoms with van der Waals surface area (Å²) in [6, 6.07) is 7.78. The number of hydrogen-bond donors (Lipinski definition) is 4. The maximum atomic E-state index is 13.6. The largest absolute Gasteiger partial charge is 0.483 e. The number of hydrogen-bond acceptors (Lipinski definition) is 4. The summed E-state index contributed by atoms with van der Waals surface area (Å²) in [5, 5.41) is 20.0. The highest BCUT2D eigenvalue weighted by atomic mass is 16.3. The van der Waals surface area contributed by atoms with E-state index in [-0.39, 0.29) is 43.5 Å². The Bertz CT molecular complexity index is 956. The Hall–Kier alpha value is -2.87. The van der Waals surface area contributed by atoms with E-state index in [9.17, 15) is 14.7 Å². The van der Waals surface area contributed by atoms with Gasteiger partial charge < -0.3 is 25.4 Å². The molecule has 1 aromatic heterocycles. The second-order valence-corrected chi connectivity index (χ2v) is 9.08. The number of carbonyl (C=O) groups is 3. The number of benzene rings is 1. The number of rotatable bonds is 7. The SMILES string of the molecule is CC(C)CC[C@]1(C(=O)NCCO)C[C@H]2CC[C@@H]1N2C(=O)c1cccc2cc[nH]c12.O=CO. The second-order valence-electron chi connectivity index (χ2n) is 9.08. The molecular formula is C24H33N3O5. The molecule has 2 amide bonds. The molecule has 4 rings (SSSR count). The van der Waals surface area contributed by atoms with E-state index in [1.54, 1.807) is 0 Å². The fourth-order valence-electron chi connectivity index (χ4n) is 5.41. The quantitative estimate of drug-likeness (QED) is 0.490. The summed E-state index contributed by atoms with van der Waals surface area (Å²) in [7, 11) is 0. The van der Waals surface area contributed by atoms with Crippen molar-refractivity contribution in [3.63, 3.8) is 0 Å². The molecule has 174 valence electrons. The van der Waals surface area contributed by atoms with Gasteiger partial charge in [-0.3, -0.25) is 14.4 Å². The maximum absolute atomic E-state index is 13.6. The molecule has 3 atom stereocenters. The lowest BCUT2D eigenvalue weighted by molar-refractivity contribution is -0.133. The molecule has 2 saturated heterocycles. The van der Waals surface area contributed by atoms with Crippen LogP contribution < -0.4 is 5.32 Å². The summed E-state index contributed by atoms with van der Waals surface area (Å²) in [5.74, 6) is 0.510. The predicted molar refractivity (Wildman–Crippen MR) is 121 cm³/mol. The van der Waals surface area contributed by atoms with Crippen molar-refractivity contribution in [2.75, 3.05) is 13.2 Å². The molecule has 1 aromatic carbocycles. The van der Waals surface area contributed by atoms with Crippen molar-refractivity contribution in [1.29, 1.82) is 0 Å². The number of carboxylic acid groups (broad SMARTS) is 1. The number of nitrogens with one attached hydrogen (secondary N) is 2. The highest BCUT2D eigenvalue weighted by Gasteiger charge is 2.60. The first-order valence-corrected chi connectivity index (χ1v) is 11.3. The summed E-state index contributed by atoms with van der Waals surface area (Å²) in [5.41, 5.74) is 0.989. The van der Waals surface area contributed by atoms with Crippen LogP contribution in [0.5, 0.6) is 0 Å². The molecule has 0 spiro atoms. The third-order valence-electron chi connectivity index (χ3n) is 6.81. The van der Waals surface area contributed by atoms with Gasteiger partial charge in [-0.2, -0.15) is 0 Å². The molecule has 32 heavy (non-hydrogen) atoms. The third-order valence-corrected chi connectivity index (χ3v) is 6.81. The normalized spacial score (nSPS) is 23.8. The van der Waals surface area contributed by atoms with Crippen LogP contribution in [0.15, 0.2) is 30.5 Å². The van der Waals surface area contributed by atoms with E-state index in [0.29, 0.717) is 17.9 Å². The van der Waals surface area contributed by atoms with E-state index in [2.05, 4.69) is 24.1 Å². The molecule has 2 fully saturated rings. The minimum absolute atomic E-state index is 0.00437. The van der Waals surface area contributed by atoms with Crippen LogP contribution in [-0.4, -0.2) is 63.6 Å². The molecule has 2 aromatic rings. The highest BCUT2D eigenvalue weighted by molar-refractivity contribution is 6.06. The lowest BCUT2D eigenvalue weighted by Crippen LogP contribution is -2.50. The summed E-state index contributed by atoms with van der Waals surface area (Å²) < 4.78 is 0. The Morgan fingerprint density at radius 3 is 2.75 bits per heavy atom. The Morgan fingerprint density at radius 1 is 1.31 bits per heavy atom. The molecule has 0 saturated carbocycles. The molecule has 0 radical (unpaired) electrons. The van der Waals surface area contributed by atoms with Crippen LogP contribution in [0.3, 0.4) is 0 Å². The van der Waals surface area contributed by atoms with Crippen molar-refractivity contribution in [2.24, 2.45) is 11.3 Å². The zero-order chi connectivity index (χ0) is 23.3. The number of aromatic amines is 1. The number of amides is 2. The Morgan fingerprint density at radius 2 is 2.06 bits per heavy atom. The number of nitrogens with zero attached hydrogens (tertiary/aromatic N) is 1. The van der Waals surface area contributed by atoms with Crippen molar-refractivity contribution < 1.29 is 24.6 Å². The predicted octanol–water partition coefficient (Wildman–Crippen LogP) is 2.78. The van der Waals surface area contributed by atoms with Gasteiger partial charge in [-0.1, -0.05) is 26.0 Å². The first-order chi connectivity index (χ1) is 15.4. The van der Waals surface area contributed by atoms with E-state index in [1.165, 1.54) is 0 Å². The van der Waals surface area contributed by atoms with Crippen molar-refractivity contribution in [2.45, 2.75) is 58.0 Å². The minimum Gasteiger partial charge on any atom is -0.483 e. The molecular weight excluding hydrogens is 410 g/mol. The lowest BCUT2D eigenvalue weighted by Gasteiger charge is -2.36. The Labute approximate surface area is 188 Å². The molecule has 3 heterocycles. The van der Waals surface area contributed by atoms with Gasteiger partial charge >= 0.3 is 0 Å². The van der Waals surface area contributed by atoms with Gasteiger partial charge in [-0.05, 0) is 50.2 Å². The summed E-state index contributed by atoms with van der Waals surface area (Å²) in [6.45, 7) is 4.27. The molecule has 0 unspecified atom stereocenters. The first-order valence-electron chi connectivity index (χ1n) is 11.3. The standard InChI is InChI=1S/C23H31N3O3.CH2O2/c1-15(2)8-10-23(22(29)25-12-13-27)14-17-6-7-19(23)26(17)21(28)18-5-3-4-16-9-11-24-20(16)18;2-1-3/h3-5,9,11,15,17,19,24,27H,6-8,10,12-14H2,1-2H3,(H,25,29);1H,(H,2,3)/t17-,19+,23+;/m1./s1. The van der Waals surface area contributed by atoms with Crippen molar-refractivity contribution >= 4 is 29.2 Å². The summed E-state index contributed by atoms with van der Waals surface area (Å²) in [6.07, 6.45) is 6.11. The van der Waals surface area contributed by atoms with Gasteiger partial charge in [0.15, 0.2) is 0 Å². The smallest absolute Gasteiger partial charge is 0.290 e. The van der Waals surface area contributed by atoms with E-state index < -0.39 is 5.41 Å². The molecule has 8 nitrogen and oxygen atoms in total. The topological polar surface area (TPSA) is 123 Å².